The lowest BCUT2D eigenvalue weighted by Crippen LogP contribution is -2.57. The molecule has 4 saturated carbocycles. The van der Waals surface area contributed by atoms with Gasteiger partial charge in [-0.25, -0.2) is 4.79 Å². The molecule has 0 aromatic carbocycles. The zero-order chi connectivity index (χ0) is 17.6. The van der Waals surface area contributed by atoms with Gasteiger partial charge in [0.25, 0.3) is 0 Å². The Morgan fingerprint density at radius 1 is 1.12 bits per heavy atom. The lowest BCUT2D eigenvalue weighted by atomic mass is 9.44. The highest BCUT2D eigenvalue weighted by Crippen LogP contribution is 2.73. The smallest absolute Gasteiger partial charge is 0.307 e. The molecule has 5 rings (SSSR count). The summed E-state index contributed by atoms with van der Waals surface area (Å²) in [5.41, 5.74) is 0.852. The Balaban J connectivity index is 1.48. The summed E-state index contributed by atoms with van der Waals surface area (Å²) in [4.78, 5) is 23.0. The number of epoxide rings is 1. The lowest BCUT2D eigenvalue weighted by Gasteiger charge is -2.59. The van der Waals surface area contributed by atoms with Crippen molar-refractivity contribution in [2.24, 2.45) is 34.5 Å². The fourth-order valence-electron chi connectivity index (χ4n) is 8.05. The number of hydrogen-bond acceptors (Lipinski definition) is 3. The number of rotatable bonds is 1. The van der Waals surface area contributed by atoms with Gasteiger partial charge in [-0.3, -0.25) is 4.79 Å². The second-order valence-electron chi connectivity index (χ2n) is 9.86. The second kappa shape index (κ2) is 4.78. The predicted octanol–water partition coefficient (Wildman–Crippen LogP) is 3.62. The van der Waals surface area contributed by atoms with Crippen molar-refractivity contribution in [2.75, 3.05) is 0 Å². The van der Waals surface area contributed by atoms with Crippen molar-refractivity contribution in [3.63, 3.8) is 0 Å². The van der Waals surface area contributed by atoms with Crippen molar-refractivity contribution in [3.05, 3.63) is 5.57 Å². The second-order valence-corrected chi connectivity index (χ2v) is 9.86. The summed E-state index contributed by atoms with van der Waals surface area (Å²) in [6.07, 6.45) is 8.11. The van der Waals surface area contributed by atoms with Crippen molar-refractivity contribution in [1.29, 1.82) is 0 Å². The minimum atomic E-state index is -0.592. The van der Waals surface area contributed by atoms with Crippen LogP contribution < -0.4 is 0 Å². The summed E-state index contributed by atoms with van der Waals surface area (Å²) in [5.74, 6) is 3.18. The van der Waals surface area contributed by atoms with E-state index in [9.17, 15) is 14.7 Å². The molecule has 1 spiro atoms. The van der Waals surface area contributed by atoms with Crippen LogP contribution in [0.25, 0.3) is 0 Å². The molecule has 8 atom stereocenters. The molecule has 1 aliphatic heterocycles. The van der Waals surface area contributed by atoms with Crippen molar-refractivity contribution in [1.82, 2.24) is 0 Å². The summed E-state index contributed by atoms with van der Waals surface area (Å²) >= 11 is 0. The normalized spacial score (nSPS) is 56.1. The predicted molar refractivity (Wildman–Crippen MR) is 91.6 cm³/mol. The number of fused-ring (bicyclic) bond motifs is 4. The van der Waals surface area contributed by atoms with Crippen molar-refractivity contribution in [2.45, 2.75) is 76.9 Å². The van der Waals surface area contributed by atoms with Gasteiger partial charge in [0.05, 0.1) is 5.92 Å². The molecule has 0 bridgehead atoms. The van der Waals surface area contributed by atoms with Crippen LogP contribution in [-0.4, -0.2) is 28.7 Å². The Morgan fingerprint density at radius 3 is 2.64 bits per heavy atom. The third-order valence-corrected chi connectivity index (χ3v) is 9.43. The Hall–Kier alpha value is -1.12. The number of hydrogen-bond donors (Lipinski definition) is 1. The summed E-state index contributed by atoms with van der Waals surface area (Å²) in [6, 6.07) is 0. The van der Waals surface area contributed by atoms with Gasteiger partial charge in [0.15, 0.2) is 0 Å². The monoisotopic (exact) mass is 344 g/mol. The van der Waals surface area contributed by atoms with E-state index in [0.29, 0.717) is 17.8 Å². The van der Waals surface area contributed by atoms with Crippen LogP contribution in [0.3, 0.4) is 0 Å². The van der Waals surface area contributed by atoms with Gasteiger partial charge in [-0.2, -0.15) is 0 Å². The molecule has 136 valence electrons. The number of carbonyl (C=O) groups is 1. The van der Waals surface area contributed by atoms with Gasteiger partial charge >= 0.3 is 5.97 Å². The highest BCUT2D eigenvalue weighted by Gasteiger charge is 2.75. The van der Waals surface area contributed by atoms with Gasteiger partial charge in [0, 0.05) is 11.0 Å². The molecule has 0 aromatic rings. The van der Waals surface area contributed by atoms with Gasteiger partial charge in [-0.1, -0.05) is 13.8 Å². The molecule has 1 N–H and O–H groups in total. The van der Waals surface area contributed by atoms with E-state index in [0.717, 1.165) is 56.9 Å². The maximum atomic E-state index is 11.8. The van der Waals surface area contributed by atoms with E-state index in [2.05, 4.69) is 19.8 Å². The average molecular weight is 344 g/mol. The average Bonchev–Trinajstić information content (AvgIpc) is 3.20. The largest absolute Gasteiger partial charge is 0.481 e. The highest BCUT2D eigenvalue weighted by molar-refractivity contribution is 5.71. The van der Waals surface area contributed by atoms with Crippen LogP contribution in [0.15, 0.2) is 5.57 Å². The maximum absolute atomic E-state index is 11.8. The van der Waals surface area contributed by atoms with E-state index in [1.54, 1.807) is 0 Å². The summed E-state index contributed by atoms with van der Waals surface area (Å²) in [7, 11) is 0. The first-order valence-electron chi connectivity index (χ1n) is 10.0. The zero-order valence-corrected chi connectivity index (χ0v) is 15.2. The third-order valence-electron chi connectivity index (χ3n) is 9.43. The number of carboxylic acid groups (broad SMARTS) is 1. The first kappa shape index (κ1) is 16.1. The molecule has 4 aliphatic carbocycles. The Kier molecular flexibility index (Phi) is 3.07. The first-order valence-corrected chi connectivity index (χ1v) is 10.0. The third kappa shape index (κ3) is 1.73. The van der Waals surface area contributed by atoms with Crippen LogP contribution in [0.2, 0.25) is 0 Å². The van der Waals surface area contributed by atoms with Crippen LogP contribution in [-0.2, 0) is 14.3 Å². The highest BCUT2D eigenvalue weighted by atomic mass is 16.6. The van der Waals surface area contributed by atoms with Gasteiger partial charge in [-0.15, -0.1) is 0 Å². The maximum Gasteiger partial charge on any atom is 0.307 e. The molecule has 4 nitrogen and oxygen atoms in total. The molecule has 0 amide bonds. The van der Waals surface area contributed by atoms with Crippen molar-refractivity contribution in [3.8, 4) is 0 Å². The van der Waals surface area contributed by atoms with Crippen LogP contribution in [0.5, 0.6) is 0 Å². The molecule has 0 radical (unpaired) electrons. The van der Waals surface area contributed by atoms with E-state index >= 15 is 0 Å². The minimum Gasteiger partial charge on any atom is -0.481 e. The van der Waals surface area contributed by atoms with E-state index in [1.807, 2.05) is 0 Å². The number of carboxylic acids is 1. The van der Waals surface area contributed by atoms with Crippen molar-refractivity contribution >= 4 is 11.9 Å². The number of aliphatic carboxylic acids is 1. The molecule has 5 aliphatic rings. The van der Waals surface area contributed by atoms with E-state index in [4.69, 9.17) is 4.74 Å². The molecule has 4 heteroatoms. The van der Waals surface area contributed by atoms with E-state index in [1.165, 1.54) is 0 Å². The molecular weight excluding hydrogens is 316 g/mol. The fourth-order valence-corrected chi connectivity index (χ4v) is 8.05. The molecule has 0 aromatic heterocycles. The van der Waals surface area contributed by atoms with Gasteiger partial charge in [0.2, 0.25) is 0 Å². The van der Waals surface area contributed by atoms with E-state index in [-0.39, 0.29) is 28.5 Å². The van der Waals surface area contributed by atoms with E-state index < -0.39 is 5.97 Å². The Labute approximate surface area is 149 Å². The van der Waals surface area contributed by atoms with Gasteiger partial charge < -0.3 is 9.84 Å². The molecule has 25 heavy (non-hydrogen) atoms. The SMILES string of the molecule is C[C@]12CC[C@H]3[C@@H](CCC45OC4C(=C=O)CC[C@]35C)[C@@H]1CCC2C(=O)O. The number of ether oxygens (including phenoxy) is 1. The van der Waals surface area contributed by atoms with Crippen LogP contribution in [0.1, 0.15) is 65.2 Å². The topological polar surface area (TPSA) is 66.9 Å². The zero-order valence-electron chi connectivity index (χ0n) is 15.2. The van der Waals surface area contributed by atoms with Crippen LogP contribution >= 0.6 is 0 Å². The summed E-state index contributed by atoms with van der Waals surface area (Å²) in [6.45, 7) is 4.65. The molecular formula is C21H28O4. The minimum absolute atomic E-state index is 0.0216. The van der Waals surface area contributed by atoms with Crippen LogP contribution in [0.4, 0.5) is 0 Å². The molecule has 1 heterocycles. The molecule has 1 saturated heterocycles. The lowest BCUT2D eigenvalue weighted by molar-refractivity contribution is -0.152. The molecule has 5 fully saturated rings. The standard InChI is InChI=1S/C21H28O4/c1-19-8-7-15-13(14(19)3-4-16(19)18(23)24)6-10-21-17(25-21)12(11-22)5-9-20(15,21)2/h13-17H,3-10H2,1-2H3,(H,23,24)/t13-,14-,15-,16?,17?,19-,20+,21?/m0/s1. The van der Waals surface area contributed by atoms with Gasteiger partial charge in [-0.05, 0) is 74.5 Å². The van der Waals surface area contributed by atoms with Gasteiger partial charge in [0.1, 0.15) is 17.6 Å². The Morgan fingerprint density at radius 2 is 1.92 bits per heavy atom. The quantitative estimate of drug-likeness (QED) is 0.583. The Bertz CT molecular complexity index is 694. The fraction of sp³-hybridized carbons (Fsp3) is 0.857. The first-order chi connectivity index (χ1) is 11.9. The number of carbonyl (C=O) groups excluding carboxylic acids is 1. The van der Waals surface area contributed by atoms with Crippen molar-refractivity contribution < 1.29 is 19.4 Å². The molecule has 3 unspecified atom stereocenters. The van der Waals surface area contributed by atoms with Crippen LogP contribution in [0, 0.1) is 34.5 Å². The summed E-state index contributed by atoms with van der Waals surface area (Å²) in [5, 5.41) is 9.70. The summed E-state index contributed by atoms with van der Waals surface area (Å²) < 4.78 is 6.23.